The van der Waals surface area contributed by atoms with E-state index < -0.39 is 5.82 Å². The molecule has 0 aliphatic rings. The van der Waals surface area contributed by atoms with Gasteiger partial charge in [0.1, 0.15) is 5.82 Å². The van der Waals surface area contributed by atoms with Crippen molar-refractivity contribution in [3.05, 3.63) is 34.1 Å². The van der Waals surface area contributed by atoms with Gasteiger partial charge in [-0.1, -0.05) is 13.8 Å². The number of rotatable bonds is 5. The molecular weight excluding hydrogens is 321 g/mol. The van der Waals surface area contributed by atoms with Crippen molar-refractivity contribution in [2.75, 3.05) is 5.88 Å². The van der Waals surface area contributed by atoms with Crippen LogP contribution in [0, 0.1) is 11.7 Å². The number of amides is 1. The minimum absolute atomic E-state index is 0.00910. The topological polar surface area (TPSA) is 29.1 Å². The molecule has 1 rings (SSSR count). The van der Waals surface area contributed by atoms with Crippen LogP contribution in [-0.4, -0.2) is 17.8 Å². The molecule has 0 aliphatic carbocycles. The lowest BCUT2D eigenvalue weighted by Crippen LogP contribution is -2.39. The first-order chi connectivity index (χ1) is 8.45. The Labute approximate surface area is 120 Å². The minimum Gasteiger partial charge on any atom is -0.349 e. The molecule has 100 valence electrons. The summed E-state index contributed by atoms with van der Waals surface area (Å²) >= 11 is 8.95. The summed E-state index contributed by atoms with van der Waals surface area (Å²) in [4.78, 5) is 12.1. The minimum atomic E-state index is -0.429. The van der Waals surface area contributed by atoms with E-state index in [0.717, 1.165) is 0 Å². The zero-order valence-electron chi connectivity index (χ0n) is 10.3. The average molecular weight is 337 g/mol. The Balaban J connectivity index is 2.83. The van der Waals surface area contributed by atoms with Crippen molar-refractivity contribution >= 4 is 33.4 Å². The molecule has 1 amide bonds. The van der Waals surface area contributed by atoms with Gasteiger partial charge < -0.3 is 5.32 Å². The van der Waals surface area contributed by atoms with Gasteiger partial charge in [0.25, 0.3) is 5.91 Å². The predicted molar refractivity (Wildman–Crippen MR) is 75.5 cm³/mol. The molecule has 0 heterocycles. The Kier molecular flexibility index (Phi) is 6.09. The molecule has 0 radical (unpaired) electrons. The van der Waals surface area contributed by atoms with Crippen LogP contribution in [0.1, 0.15) is 30.6 Å². The normalized spacial score (nSPS) is 12.6. The molecule has 0 aromatic heterocycles. The van der Waals surface area contributed by atoms with E-state index in [1.165, 1.54) is 18.2 Å². The van der Waals surface area contributed by atoms with E-state index in [9.17, 15) is 9.18 Å². The maximum Gasteiger partial charge on any atom is 0.252 e. The van der Waals surface area contributed by atoms with Crippen LogP contribution >= 0.6 is 27.5 Å². The summed E-state index contributed by atoms with van der Waals surface area (Å²) < 4.78 is 13.7. The third kappa shape index (κ3) is 4.25. The summed E-state index contributed by atoms with van der Waals surface area (Å²) in [6, 6.07) is 4.04. The Morgan fingerprint density at radius 2 is 2.17 bits per heavy atom. The first kappa shape index (κ1) is 15.4. The molecule has 18 heavy (non-hydrogen) atoms. The van der Waals surface area contributed by atoms with E-state index in [-0.39, 0.29) is 17.9 Å². The highest BCUT2D eigenvalue weighted by Crippen LogP contribution is 2.18. The van der Waals surface area contributed by atoms with E-state index in [2.05, 4.69) is 21.2 Å². The summed E-state index contributed by atoms with van der Waals surface area (Å²) in [6.45, 7) is 4.02. The fraction of sp³-hybridized carbons (Fsp3) is 0.462. The Morgan fingerprint density at radius 3 is 2.72 bits per heavy atom. The highest BCUT2D eigenvalue weighted by atomic mass is 79.9. The molecule has 1 atom stereocenters. The second kappa shape index (κ2) is 7.10. The number of carbonyl (C=O) groups excluding carboxylic acids is 1. The average Bonchev–Trinajstić information content (AvgIpc) is 2.31. The number of alkyl halides is 1. The molecule has 5 heteroatoms. The van der Waals surface area contributed by atoms with Crippen molar-refractivity contribution < 1.29 is 9.18 Å². The first-order valence-electron chi connectivity index (χ1n) is 5.77. The maximum absolute atomic E-state index is 13.1. The number of benzene rings is 1. The molecule has 0 saturated carbocycles. The van der Waals surface area contributed by atoms with Crippen LogP contribution in [0.25, 0.3) is 0 Å². The molecule has 0 bridgehead atoms. The van der Waals surface area contributed by atoms with Crippen molar-refractivity contribution in [1.29, 1.82) is 0 Å². The smallest absolute Gasteiger partial charge is 0.252 e. The summed E-state index contributed by atoms with van der Waals surface area (Å²) in [5, 5.41) is 2.88. The van der Waals surface area contributed by atoms with Crippen molar-refractivity contribution in [3.63, 3.8) is 0 Å². The third-order valence-corrected chi connectivity index (χ3v) is 3.62. The van der Waals surface area contributed by atoms with E-state index in [1.807, 2.05) is 13.8 Å². The van der Waals surface area contributed by atoms with Crippen LogP contribution in [0.15, 0.2) is 22.7 Å². The van der Waals surface area contributed by atoms with Gasteiger partial charge in [0.2, 0.25) is 0 Å². The van der Waals surface area contributed by atoms with Crippen LogP contribution in [0.3, 0.4) is 0 Å². The quantitative estimate of drug-likeness (QED) is 0.810. The molecule has 1 N–H and O–H groups in total. The molecule has 1 unspecified atom stereocenters. The van der Waals surface area contributed by atoms with E-state index in [0.29, 0.717) is 22.3 Å². The largest absolute Gasteiger partial charge is 0.349 e. The van der Waals surface area contributed by atoms with Crippen molar-refractivity contribution in [1.82, 2.24) is 5.32 Å². The van der Waals surface area contributed by atoms with Crippen LogP contribution in [0.5, 0.6) is 0 Å². The number of nitrogens with one attached hydrogen (secondary N) is 1. The van der Waals surface area contributed by atoms with Crippen molar-refractivity contribution in [3.8, 4) is 0 Å². The first-order valence-corrected chi connectivity index (χ1v) is 7.10. The highest BCUT2D eigenvalue weighted by Gasteiger charge is 2.18. The van der Waals surface area contributed by atoms with Gasteiger partial charge in [0, 0.05) is 16.4 Å². The Morgan fingerprint density at radius 1 is 1.50 bits per heavy atom. The van der Waals surface area contributed by atoms with Crippen molar-refractivity contribution in [2.45, 2.75) is 26.3 Å². The Bertz CT molecular complexity index is 425. The van der Waals surface area contributed by atoms with E-state index >= 15 is 0 Å². The zero-order chi connectivity index (χ0) is 13.7. The highest BCUT2D eigenvalue weighted by molar-refractivity contribution is 9.10. The standard InChI is InChI=1S/C13H16BrClFNO/c1-8(2)12(5-6-15)17-13(18)10-7-9(16)3-4-11(10)14/h3-4,7-8,12H,5-6H2,1-2H3,(H,17,18). The van der Waals surface area contributed by atoms with E-state index in [4.69, 9.17) is 11.6 Å². The van der Waals surface area contributed by atoms with Crippen LogP contribution in [0.2, 0.25) is 0 Å². The summed E-state index contributed by atoms with van der Waals surface area (Å²) in [5.41, 5.74) is 0.301. The van der Waals surface area contributed by atoms with Gasteiger partial charge in [-0.3, -0.25) is 4.79 Å². The lowest BCUT2D eigenvalue weighted by atomic mass is 10.0. The third-order valence-electron chi connectivity index (χ3n) is 2.71. The lowest BCUT2D eigenvalue weighted by molar-refractivity contribution is 0.0923. The number of halogens is 3. The molecule has 0 fully saturated rings. The molecule has 0 spiro atoms. The van der Waals surface area contributed by atoms with Gasteiger partial charge >= 0.3 is 0 Å². The van der Waals surface area contributed by atoms with Gasteiger partial charge in [-0.15, -0.1) is 11.6 Å². The SMILES string of the molecule is CC(C)C(CCCl)NC(=O)c1cc(F)ccc1Br. The molecule has 2 nitrogen and oxygen atoms in total. The van der Waals surface area contributed by atoms with Gasteiger partial charge in [0.15, 0.2) is 0 Å². The molecule has 0 saturated heterocycles. The fourth-order valence-corrected chi connectivity index (χ4v) is 2.27. The monoisotopic (exact) mass is 335 g/mol. The van der Waals surface area contributed by atoms with Crippen LogP contribution in [-0.2, 0) is 0 Å². The van der Waals surface area contributed by atoms with Crippen LogP contribution < -0.4 is 5.32 Å². The van der Waals surface area contributed by atoms with Crippen LogP contribution in [0.4, 0.5) is 4.39 Å². The van der Waals surface area contributed by atoms with Gasteiger partial charge in [0.05, 0.1) is 5.56 Å². The van der Waals surface area contributed by atoms with Crippen molar-refractivity contribution in [2.24, 2.45) is 5.92 Å². The zero-order valence-corrected chi connectivity index (χ0v) is 12.7. The van der Waals surface area contributed by atoms with E-state index in [1.54, 1.807) is 0 Å². The maximum atomic E-state index is 13.1. The van der Waals surface area contributed by atoms with Gasteiger partial charge in [-0.05, 0) is 46.5 Å². The molecule has 1 aromatic rings. The molecule has 0 aliphatic heterocycles. The van der Waals surface area contributed by atoms with Gasteiger partial charge in [-0.2, -0.15) is 0 Å². The number of hydrogen-bond donors (Lipinski definition) is 1. The molecule has 1 aromatic carbocycles. The summed E-state index contributed by atoms with van der Waals surface area (Å²) in [7, 11) is 0. The second-order valence-electron chi connectivity index (χ2n) is 4.43. The second-order valence-corrected chi connectivity index (χ2v) is 5.66. The number of hydrogen-bond acceptors (Lipinski definition) is 1. The fourth-order valence-electron chi connectivity index (χ4n) is 1.61. The Hall–Kier alpha value is -0.610. The van der Waals surface area contributed by atoms with Gasteiger partial charge in [-0.25, -0.2) is 4.39 Å². The summed E-state index contributed by atoms with van der Waals surface area (Å²) in [6.07, 6.45) is 0.692. The summed E-state index contributed by atoms with van der Waals surface area (Å²) in [5.74, 6) is 0.0417. The number of carbonyl (C=O) groups is 1. The molecular formula is C13H16BrClFNO. The predicted octanol–water partition coefficient (Wildman–Crippen LogP) is 3.97. The lowest BCUT2D eigenvalue weighted by Gasteiger charge is -2.21.